The molecule has 3 aliphatic carbocycles. The average Bonchev–Trinajstić information content (AvgIpc) is 2.87. The van der Waals surface area contributed by atoms with Gasteiger partial charge < -0.3 is 5.32 Å². The molecule has 5 unspecified atom stereocenters. The van der Waals surface area contributed by atoms with Gasteiger partial charge >= 0.3 is 0 Å². The van der Waals surface area contributed by atoms with Crippen LogP contribution in [0.1, 0.15) is 65.2 Å². The smallest absolute Gasteiger partial charge is 0.0132 e. The molecule has 0 aliphatic heterocycles. The SMILES string of the molecule is CCNC(C1CCCCC1CC)C1C2CCCC21. The van der Waals surface area contributed by atoms with E-state index in [9.17, 15) is 0 Å². The first kappa shape index (κ1) is 13.0. The van der Waals surface area contributed by atoms with Gasteiger partial charge in [0, 0.05) is 6.04 Å². The second-order valence-corrected chi connectivity index (χ2v) is 7.04. The molecule has 3 aliphatic rings. The Hall–Kier alpha value is -0.0400. The van der Waals surface area contributed by atoms with Crippen LogP contribution in [0.3, 0.4) is 0 Å². The summed E-state index contributed by atoms with van der Waals surface area (Å²) in [5.41, 5.74) is 0. The quantitative estimate of drug-likeness (QED) is 0.769. The molecule has 1 heteroatoms. The third-order valence-electron chi connectivity index (χ3n) is 6.28. The third-order valence-corrected chi connectivity index (χ3v) is 6.28. The minimum Gasteiger partial charge on any atom is -0.314 e. The van der Waals surface area contributed by atoms with E-state index in [1.54, 1.807) is 12.8 Å². The topological polar surface area (TPSA) is 12.0 Å². The Labute approximate surface area is 113 Å². The lowest BCUT2D eigenvalue weighted by atomic mass is 9.72. The number of fused-ring (bicyclic) bond motifs is 1. The molecule has 3 saturated carbocycles. The molecule has 0 bridgehead atoms. The van der Waals surface area contributed by atoms with Crippen LogP contribution < -0.4 is 5.32 Å². The summed E-state index contributed by atoms with van der Waals surface area (Å²) in [6.45, 7) is 5.89. The summed E-state index contributed by atoms with van der Waals surface area (Å²) in [5, 5.41) is 3.91. The lowest BCUT2D eigenvalue weighted by molar-refractivity contribution is 0.154. The lowest BCUT2D eigenvalue weighted by Gasteiger charge is -2.38. The highest BCUT2D eigenvalue weighted by molar-refractivity contribution is 5.08. The first-order valence-corrected chi connectivity index (χ1v) is 8.60. The Bertz CT molecular complexity index is 265. The largest absolute Gasteiger partial charge is 0.314 e. The maximum Gasteiger partial charge on any atom is 0.0132 e. The van der Waals surface area contributed by atoms with E-state index in [1.807, 2.05) is 0 Å². The number of hydrogen-bond acceptors (Lipinski definition) is 1. The molecule has 0 amide bonds. The Morgan fingerprint density at radius 2 is 1.67 bits per heavy atom. The Morgan fingerprint density at radius 1 is 0.944 bits per heavy atom. The highest BCUT2D eigenvalue weighted by Crippen LogP contribution is 2.61. The predicted octanol–water partition coefficient (Wildman–Crippen LogP) is 4.23. The molecule has 0 saturated heterocycles. The van der Waals surface area contributed by atoms with E-state index in [1.165, 1.54) is 45.1 Å². The van der Waals surface area contributed by atoms with Gasteiger partial charge in [-0.25, -0.2) is 0 Å². The second kappa shape index (κ2) is 5.53. The molecule has 3 rings (SSSR count). The van der Waals surface area contributed by atoms with Crippen molar-refractivity contribution >= 4 is 0 Å². The minimum absolute atomic E-state index is 0.871. The van der Waals surface area contributed by atoms with E-state index in [2.05, 4.69) is 19.2 Å². The Morgan fingerprint density at radius 3 is 2.33 bits per heavy atom. The van der Waals surface area contributed by atoms with Gasteiger partial charge in [0.15, 0.2) is 0 Å². The first-order valence-electron chi connectivity index (χ1n) is 8.60. The zero-order chi connectivity index (χ0) is 12.5. The maximum atomic E-state index is 3.91. The Kier molecular flexibility index (Phi) is 3.98. The summed E-state index contributed by atoms with van der Waals surface area (Å²) in [4.78, 5) is 0. The molecule has 0 aromatic carbocycles. The molecule has 1 nitrogen and oxygen atoms in total. The van der Waals surface area contributed by atoms with Gasteiger partial charge in [-0.15, -0.1) is 0 Å². The van der Waals surface area contributed by atoms with Crippen LogP contribution in [0.2, 0.25) is 0 Å². The zero-order valence-corrected chi connectivity index (χ0v) is 12.3. The number of hydrogen-bond donors (Lipinski definition) is 1. The fourth-order valence-electron chi connectivity index (χ4n) is 5.43. The molecule has 18 heavy (non-hydrogen) atoms. The maximum absolute atomic E-state index is 3.91. The van der Waals surface area contributed by atoms with Gasteiger partial charge in [-0.1, -0.05) is 46.0 Å². The molecule has 0 heterocycles. The van der Waals surface area contributed by atoms with Crippen molar-refractivity contribution in [1.82, 2.24) is 5.32 Å². The molecule has 3 fully saturated rings. The van der Waals surface area contributed by atoms with E-state index in [4.69, 9.17) is 0 Å². The van der Waals surface area contributed by atoms with Gasteiger partial charge in [-0.05, 0) is 55.4 Å². The summed E-state index contributed by atoms with van der Waals surface area (Å²) >= 11 is 0. The molecule has 0 radical (unpaired) electrons. The van der Waals surface area contributed by atoms with Crippen molar-refractivity contribution in [3.05, 3.63) is 0 Å². The van der Waals surface area contributed by atoms with Crippen molar-refractivity contribution in [2.75, 3.05) is 6.54 Å². The lowest BCUT2D eigenvalue weighted by Crippen LogP contribution is -2.43. The standard InChI is InChI=1S/C17H31N/c1-3-12-8-5-6-9-13(12)17(18-4-2)16-14-10-7-11-15(14)16/h12-18H,3-11H2,1-2H3. The highest BCUT2D eigenvalue weighted by atomic mass is 14.9. The summed E-state index contributed by atoms with van der Waals surface area (Å²) in [6, 6.07) is 0.871. The van der Waals surface area contributed by atoms with Crippen LogP contribution in [-0.4, -0.2) is 12.6 Å². The highest BCUT2D eigenvalue weighted by Gasteiger charge is 2.57. The van der Waals surface area contributed by atoms with Gasteiger partial charge in [0.05, 0.1) is 0 Å². The fourth-order valence-corrected chi connectivity index (χ4v) is 5.43. The Balaban J connectivity index is 1.68. The van der Waals surface area contributed by atoms with Crippen molar-refractivity contribution < 1.29 is 0 Å². The van der Waals surface area contributed by atoms with E-state index < -0.39 is 0 Å². The van der Waals surface area contributed by atoms with Gasteiger partial charge in [0.1, 0.15) is 0 Å². The van der Waals surface area contributed by atoms with Crippen molar-refractivity contribution in [2.24, 2.45) is 29.6 Å². The molecule has 1 N–H and O–H groups in total. The van der Waals surface area contributed by atoms with Gasteiger partial charge in [0.25, 0.3) is 0 Å². The van der Waals surface area contributed by atoms with Crippen LogP contribution >= 0.6 is 0 Å². The van der Waals surface area contributed by atoms with Gasteiger partial charge in [0.2, 0.25) is 0 Å². The molecular formula is C17H31N. The van der Waals surface area contributed by atoms with Crippen molar-refractivity contribution in [1.29, 1.82) is 0 Å². The second-order valence-electron chi connectivity index (χ2n) is 7.04. The van der Waals surface area contributed by atoms with Crippen LogP contribution in [0.25, 0.3) is 0 Å². The predicted molar refractivity (Wildman–Crippen MR) is 77.5 cm³/mol. The summed E-state index contributed by atoms with van der Waals surface area (Å²) < 4.78 is 0. The molecule has 0 aromatic rings. The molecular weight excluding hydrogens is 218 g/mol. The third kappa shape index (κ3) is 2.24. The van der Waals surface area contributed by atoms with Crippen LogP contribution in [0, 0.1) is 29.6 Å². The molecule has 104 valence electrons. The number of rotatable bonds is 5. The van der Waals surface area contributed by atoms with Crippen molar-refractivity contribution in [3.63, 3.8) is 0 Å². The van der Waals surface area contributed by atoms with Crippen LogP contribution in [0.4, 0.5) is 0 Å². The molecule has 0 spiro atoms. The van der Waals surface area contributed by atoms with Crippen molar-refractivity contribution in [3.8, 4) is 0 Å². The fraction of sp³-hybridized carbons (Fsp3) is 1.00. The summed E-state index contributed by atoms with van der Waals surface area (Å²) in [6.07, 6.45) is 12.0. The van der Waals surface area contributed by atoms with Gasteiger partial charge in [-0.3, -0.25) is 0 Å². The molecule has 5 atom stereocenters. The summed E-state index contributed by atoms with van der Waals surface area (Å²) in [5.74, 6) is 5.32. The zero-order valence-electron chi connectivity index (χ0n) is 12.3. The summed E-state index contributed by atoms with van der Waals surface area (Å²) in [7, 11) is 0. The minimum atomic E-state index is 0.871. The monoisotopic (exact) mass is 249 g/mol. The molecule has 0 aromatic heterocycles. The van der Waals surface area contributed by atoms with E-state index in [-0.39, 0.29) is 0 Å². The van der Waals surface area contributed by atoms with E-state index >= 15 is 0 Å². The first-order chi connectivity index (χ1) is 8.86. The normalized spacial score (nSPS) is 44.7. The van der Waals surface area contributed by atoms with Crippen LogP contribution in [0.15, 0.2) is 0 Å². The van der Waals surface area contributed by atoms with Crippen LogP contribution in [-0.2, 0) is 0 Å². The average molecular weight is 249 g/mol. The van der Waals surface area contributed by atoms with E-state index in [0.717, 1.165) is 35.6 Å². The van der Waals surface area contributed by atoms with Gasteiger partial charge in [-0.2, -0.15) is 0 Å². The van der Waals surface area contributed by atoms with Crippen molar-refractivity contribution in [2.45, 2.75) is 71.3 Å². The van der Waals surface area contributed by atoms with Crippen LogP contribution in [0.5, 0.6) is 0 Å². The number of nitrogens with one attached hydrogen (secondary N) is 1. The van der Waals surface area contributed by atoms with E-state index in [0.29, 0.717) is 0 Å².